The first-order valence-corrected chi connectivity index (χ1v) is 10.0. The number of hydrogen-bond acceptors (Lipinski definition) is 7. The average molecular weight is 368 g/mol. The van der Waals surface area contributed by atoms with Crippen LogP contribution in [0.2, 0.25) is 0 Å². The van der Waals surface area contributed by atoms with Crippen LogP contribution in [0.25, 0.3) is 0 Å². The van der Waals surface area contributed by atoms with Crippen molar-refractivity contribution >= 4 is 23.6 Å². The number of ether oxygens (including phenoxy) is 1. The number of piperidine rings is 1. The van der Waals surface area contributed by atoms with E-state index in [4.69, 9.17) is 9.26 Å². The van der Waals surface area contributed by atoms with Gasteiger partial charge in [-0.1, -0.05) is 5.16 Å². The first-order chi connectivity index (χ1) is 12.2. The lowest BCUT2D eigenvalue weighted by Gasteiger charge is -2.32. The lowest BCUT2D eigenvalue weighted by Crippen LogP contribution is -2.46. The highest BCUT2D eigenvalue weighted by atomic mass is 32.2. The third-order valence-electron chi connectivity index (χ3n) is 4.58. The molecule has 0 bridgehead atoms. The molecule has 0 spiro atoms. The molecule has 2 amide bonds. The van der Waals surface area contributed by atoms with Crippen molar-refractivity contribution in [3.63, 3.8) is 0 Å². The minimum absolute atomic E-state index is 0.0196. The summed E-state index contributed by atoms with van der Waals surface area (Å²) in [6.45, 7) is 2.13. The monoisotopic (exact) mass is 368 g/mol. The van der Waals surface area contributed by atoms with Crippen LogP contribution < -0.4 is 5.32 Å². The minimum atomic E-state index is -0.279. The number of aromatic nitrogens is 2. The van der Waals surface area contributed by atoms with Gasteiger partial charge in [-0.2, -0.15) is 16.7 Å². The molecule has 1 aromatic heterocycles. The molecule has 3 heterocycles. The first kappa shape index (κ1) is 18.2. The van der Waals surface area contributed by atoms with Crippen LogP contribution >= 0.6 is 11.8 Å². The van der Waals surface area contributed by atoms with E-state index in [1.807, 2.05) is 11.2 Å². The van der Waals surface area contributed by atoms with Gasteiger partial charge in [0.2, 0.25) is 11.8 Å². The maximum absolute atomic E-state index is 12.3. The van der Waals surface area contributed by atoms with Crippen molar-refractivity contribution in [2.24, 2.45) is 5.92 Å². The first-order valence-electron chi connectivity index (χ1n) is 8.66. The van der Waals surface area contributed by atoms with Gasteiger partial charge < -0.3 is 19.5 Å². The van der Waals surface area contributed by atoms with Crippen molar-refractivity contribution in [3.05, 3.63) is 11.7 Å². The zero-order valence-corrected chi connectivity index (χ0v) is 15.2. The molecule has 0 radical (unpaired) electrons. The van der Waals surface area contributed by atoms with Crippen molar-refractivity contribution in [2.75, 3.05) is 26.0 Å². The third kappa shape index (κ3) is 4.72. The average Bonchev–Trinajstić information content (AvgIpc) is 3.31. The summed E-state index contributed by atoms with van der Waals surface area (Å²) in [5.41, 5.74) is 0. The summed E-state index contributed by atoms with van der Waals surface area (Å²) in [6, 6.07) is 0. The second-order valence-electron chi connectivity index (χ2n) is 6.36. The van der Waals surface area contributed by atoms with E-state index in [1.54, 1.807) is 11.8 Å². The maximum Gasteiger partial charge on any atom is 0.251 e. The largest absolute Gasteiger partial charge is 0.368 e. The smallest absolute Gasteiger partial charge is 0.251 e. The second kappa shape index (κ2) is 8.66. The van der Waals surface area contributed by atoms with E-state index in [1.165, 1.54) is 0 Å². The molecule has 25 heavy (non-hydrogen) atoms. The molecule has 0 unspecified atom stereocenters. The van der Waals surface area contributed by atoms with Gasteiger partial charge in [0.25, 0.3) is 5.91 Å². The van der Waals surface area contributed by atoms with Crippen molar-refractivity contribution in [3.8, 4) is 0 Å². The van der Waals surface area contributed by atoms with E-state index in [0.29, 0.717) is 50.0 Å². The van der Waals surface area contributed by atoms with Crippen LogP contribution in [0.4, 0.5) is 0 Å². The zero-order valence-electron chi connectivity index (χ0n) is 14.4. The number of hydrogen-bond donors (Lipinski definition) is 1. The van der Waals surface area contributed by atoms with Crippen molar-refractivity contribution < 1.29 is 18.8 Å². The summed E-state index contributed by atoms with van der Waals surface area (Å²) >= 11 is 1.61. The zero-order chi connectivity index (χ0) is 17.6. The molecule has 0 aliphatic carbocycles. The number of amides is 2. The lowest BCUT2D eigenvalue weighted by atomic mass is 9.95. The minimum Gasteiger partial charge on any atom is -0.368 e. The van der Waals surface area contributed by atoms with Gasteiger partial charge in [0.1, 0.15) is 6.10 Å². The predicted molar refractivity (Wildman–Crippen MR) is 91.6 cm³/mol. The van der Waals surface area contributed by atoms with Crippen LogP contribution in [0.3, 0.4) is 0 Å². The highest BCUT2D eigenvalue weighted by Gasteiger charge is 2.32. The molecular weight excluding hydrogens is 344 g/mol. The van der Waals surface area contributed by atoms with Crippen molar-refractivity contribution in [2.45, 2.75) is 44.1 Å². The fourth-order valence-corrected chi connectivity index (χ4v) is 3.57. The number of rotatable bonds is 6. The molecule has 0 aromatic carbocycles. The summed E-state index contributed by atoms with van der Waals surface area (Å²) in [4.78, 5) is 30.7. The molecule has 9 heteroatoms. The molecule has 3 rings (SSSR count). The van der Waals surface area contributed by atoms with E-state index in [-0.39, 0.29) is 30.4 Å². The second-order valence-corrected chi connectivity index (χ2v) is 7.22. The normalized spacial score (nSPS) is 21.5. The molecular formula is C16H24N4O4S. The van der Waals surface area contributed by atoms with E-state index < -0.39 is 0 Å². The van der Waals surface area contributed by atoms with E-state index in [0.717, 1.165) is 12.8 Å². The van der Waals surface area contributed by atoms with Crippen LogP contribution in [-0.4, -0.2) is 58.9 Å². The number of likely N-dealkylation sites (tertiary alicyclic amines) is 1. The van der Waals surface area contributed by atoms with Crippen LogP contribution in [0.1, 0.15) is 37.4 Å². The molecule has 8 nitrogen and oxygen atoms in total. The van der Waals surface area contributed by atoms with Gasteiger partial charge in [-0.05, 0) is 31.9 Å². The Bertz CT molecular complexity index is 595. The van der Waals surface area contributed by atoms with Gasteiger partial charge in [-0.3, -0.25) is 9.59 Å². The van der Waals surface area contributed by atoms with Gasteiger partial charge >= 0.3 is 0 Å². The maximum atomic E-state index is 12.3. The Balaban J connectivity index is 1.41. The number of nitrogens with zero attached hydrogens (tertiary/aromatic N) is 3. The van der Waals surface area contributed by atoms with Crippen LogP contribution in [0.5, 0.6) is 0 Å². The van der Waals surface area contributed by atoms with Gasteiger partial charge in [0, 0.05) is 25.6 Å². The van der Waals surface area contributed by atoms with Crippen LogP contribution in [0.15, 0.2) is 4.52 Å². The summed E-state index contributed by atoms with van der Waals surface area (Å²) in [6.07, 6.45) is 4.79. The summed E-state index contributed by atoms with van der Waals surface area (Å²) < 4.78 is 10.6. The Hall–Kier alpha value is -1.61. The molecule has 2 aliphatic rings. The Morgan fingerprint density at radius 2 is 2.12 bits per heavy atom. The fourth-order valence-electron chi connectivity index (χ4n) is 3.19. The van der Waals surface area contributed by atoms with Crippen LogP contribution in [0, 0.1) is 5.92 Å². The summed E-state index contributed by atoms with van der Waals surface area (Å²) in [5, 5.41) is 6.70. The summed E-state index contributed by atoms with van der Waals surface area (Å²) in [7, 11) is 0. The third-order valence-corrected chi connectivity index (χ3v) is 5.13. The molecule has 1 aromatic rings. The van der Waals surface area contributed by atoms with Crippen molar-refractivity contribution in [1.29, 1.82) is 0 Å². The van der Waals surface area contributed by atoms with E-state index >= 15 is 0 Å². The standard InChI is InChI=1S/C16H24N4O4S/c1-25-10-13-18-14(24-19-13)9-17-15(21)11-4-6-20(7-5-11)16(22)12-3-2-8-23-12/h11-12H,2-10H2,1H3,(H,17,21)/t12-/m0/s1. The molecule has 2 aliphatic heterocycles. The molecule has 1 atom stereocenters. The Labute approximate surface area is 151 Å². The lowest BCUT2D eigenvalue weighted by molar-refractivity contribution is -0.143. The van der Waals surface area contributed by atoms with E-state index in [2.05, 4.69) is 15.5 Å². The van der Waals surface area contributed by atoms with Gasteiger partial charge in [-0.15, -0.1) is 0 Å². The highest BCUT2D eigenvalue weighted by Crippen LogP contribution is 2.21. The molecule has 138 valence electrons. The van der Waals surface area contributed by atoms with Gasteiger partial charge in [0.15, 0.2) is 5.82 Å². The SMILES string of the molecule is CSCc1noc(CNC(=O)C2CCN(C(=O)[C@@H]3CCCO3)CC2)n1. The molecule has 2 fully saturated rings. The van der Waals surface area contributed by atoms with Crippen LogP contribution in [-0.2, 0) is 26.6 Å². The number of carbonyl (C=O) groups excluding carboxylic acids is 2. The Kier molecular flexibility index (Phi) is 6.30. The van der Waals surface area contributed by atoms with E-state index in [9.17, 15) is 9.59 Å². The summed E-state index contributed by atoms with van der Waals surface area (Å²) in [5.74, 6) is 1.72. The van der Waals surface area contributed by atoms with Gasteiger partial charge in [0.05, 0.1) is 12.3 Å². The fraction of sp³-hybridized carbons (Fsp3) is 0.750. The predicted octanol–water partition coefficient (Wildman–Crippen LogP) is 0.966. The highest BCUT2D eigenvalue weighted by molar-refractivity contribution is 7.97. The van der Waals surface area contributed by atoms with Crippen molar-refractivity contribution in [1.82, 2.24) is 20.4 Å². The molecule has 1 N–H and O–H groups in total. The number of nitrogens with one attached hydrogen (secondary N) is 1. The number of thioether (sulfide) groups is 1. The molecule has 0 saturated carbocycles. The Morgan fingerprint density at radius 3 is 2.80 bits per heavy atom. The van der Waals surface area contributed by atoms with Gasteiger partial charge in [-0.25, -0.2) is 0 Å². The number of carbonyl (C=O) groups is 2. The topological polar surface area (TPSA) is 97.6 Å². The quantitative estimate of drug-likeness (QED) is 0.799. The Morgan fingerprint density at radius 1 is 1.32 bits per heavy atom. The molecule has 2 saturated heterocycles.